The van der Waals surface area contributed by atoms with Crippen LogP contribution in [-0.4, -0.2) is 96.7 Å². The summed E-state index contributed by atoms with van der Waals surface area (Å²) in [5.74, 6) is -1.28. The van der Waals surface area contributed by atoms with E-state index in [-0.39, 0.29) is 25.7 Å². The van der Waals surface area contributed by atoms with Crippen molar-refractivity contribution in [1.29, 1.82) is 0 Å². The summed E-state index contributed by atoms with van der Waals surface area (Å²) < 4.78 is 68.7. The molecule has 0 aliphatic carbocycles. The molecule has 2 unspecified atom stereocenters. The number of unbranched alkanes of at least 4 members (excludes halogenated alkanes) is 54. The highest BCUT2D eigenvalue weighted by atomic mass is 31.2. The number of carbonyl (C=O) groups is 4. The van der Waals surface area contributed by atoms with Gasteiger partial charge >= 0.3 is 39.5 Å². The monoisotopic (exact) mass is 1480 g/mol. The highest BCUT2D eigenvalue weighted by Gasteiger charge is 2.30. The van der Waals surface area contributed by atoms with E-state index in [1.165, 1.54) is 263 Å². The molecular formula is C82H160O17P2. The van der Waals surface area contributed by atoms with E-state index in [0.717, 1.165) is 95.8 Å². The van der Waals surface area contributed by atoms with E-state index in [4.69, 9.17) is 37.0 Å². The van der Waals surface area contributed by atoms with Crippen molar-refractivity contribution in [3.8, 4) is 0 Å². The lowest BCUT2D eigenvalue weighted by Gasteiger charge is -2.21. The van der Waals surface area contributed by atoms with Crippen molar-refractivity contribution < 1.29 is 80.2 Å². The van der Waals surface area contributed by atoms with Gasteiger partial charge in [0.05, 0.1) is 26.4 Å². The highest BCUT2D eigenvalue weighted by molar-refractivity contribution is 7.47. The van der Waals surface area contributed by atoms with Crippen molar-refractivity contribution in [3.05, 3.63) is 0 Å². The summed E-state index contributed by atoms with van der Waals surface area (Å²) in [7, 11) is -9.92. The Kier molecular flexibility index (Phi) is 73.5. The van der Waals surface area contributed by atoms with E-state index in [0.29, 0.717) is 25.7 Å². The molecule has 0 aromatic heterocycles. The Hall–Kier alpha value is -1.94. The quantitative estimate of drug-likeness (QED) is 0.0222. The molecule has 0 aromatic carbocycles. The minimum atomic E-state index is -4.96. The molecule has 0 aliphatic heterocycles. The van der Waals surface area contributed by atoms with Gasteiger partial charge in [-0.3, -0.25) is 37.3 Å². The van der Waals surface area contributed by atoms with Crippen molar-refractivity contribution >= 4 is 39.5 Å². The summed E-state index contributed by atoms with van der Waals surface area (Å²) in [5.41, 5.74) is 0. The van der Waals surface area contributed by atoms with E-state index in [9.17, 15) is 43.2 Å². The molecule has 600 valence electrons. The number of esters is 4. The number of aliphatic hydroxyl groups is 1. The van der Waals surface area contributed by atoms with E-state index in [1.807, 2.05) is 0 Å². The summed E-state index contributed by atoms with van der Waals surface area (Å²) in [6, 6.07) is 0. The smallest absolute Gasteiger partial charge is 0.462 e. The van der Waals surface area contributed by atoms with Crippen molar-refractivity contribution in [1.82, 2.24) is 0 Å². The molecule has 5 atom stereocenters. The number of carbonyl (C=O) groups excluding carboxylic acids is 4. The van der Waals surface area contributed by atoms with Gasteiger partial charge in [0, 0.05) is 25.7 Å². The third kappa shape index (κ3) is 76.1. The van der Waals surface area contributed by atoms with Gasteiger partial charge < -0.3 is 33.8 Å². The first kappa shape index (κ1) is 99.1. The molecule has 0 saturated heterocycles. The minimum absolute atomic E-state index is 0.108. The van der Waals surface area contributed by atoms with Crippen LogP contribution in [0.25, 0.3) is 0 Å². The molecule has 0 aliphatic rings. The third-order valence-corrected chi connectivity index (χ3v) is 21.2. The molecular weight excluding hydrogens is 1320 g/mol. The Morgan fingerprint density at radius 3 is 0.673 bits per heavy atom. The molecule has 0 fully saturated rings. The summed E-state index contributed by atoms with van der Waals surface area (Å²) in [6.07, 6.45) is 66.5. The molecule has 0 aromatic rings. The topological polar surface area (TPSA) is 237 Å². The van der Waals surface area contributed by atoms with Gasteiger partial charge in [-0.25, -0.2) is 9.13 Å². The van der Waals surface area contributed by atoms with Crippen LogP contribution in [0.15, 0.2) is 0 Å². The number of ether oxygens (including phenoxy) is 4. The first-order chi connectivity index (χ1) is 49.0. The SMILES string of the molecule is CCCCCCCCCCCCCCCCCCC(=O)OC[C@H](COP(=O)(O)OC[C@@H](O)COP(=O)(O)OC[C@@H](COC(=O)CCCCCCCCCCCCCC)OC(=O)CCCCCCCCCCCCCC)OC(=O)CCCCCCCCCCCCCCCCCCCCC(C)C. The maximum atomic E-state index is 13.1. The van der Waals surface area contributed by atoms with Crippen molar-refractivity contribution in [3.63, 3.8) is 0 Å². The number of phosphoric acid groups is 2. The first-order valence-corrected chi connectivity index (χ1v) is 45.6. The third-order valence-electron chi connectivity index (χ3n) is 19.3. The summed E-state index contributed by atoms with van der Waals surface area (Å²) in [6.45, 7) is 7.38. The van der Waals surface area contributed by atoms with Gasteiger partial charge in [-0.15, -0.1) is 0 Å². The van der Waals surface area contributed by atoms with E-state index in [2.05, 4.69) is 34.6 Å². The lowest BCUT2D eigenvalue weighted by Crippen LogP contribution is -2.30. The number of aliphatic hydroxyl groups excluding tert-OH is 1. The van der Waals surface area contributed by atoms with Crippen molar-refractivity contribution in [2.45, 2.75) is 457 Å². The van der Waals surface area contributed by atoms with Crippen molar-refractivity contribution in [2.24, 2.45) is 5.92 Å². The minimum Gasteiger partial charge on any atom is -0.462 e. The van der Waals surface area contributed by atoms with E-state index in [1.54, 1.807) is 0 Å². The molecule has 0 heterocycles. The zero-order valence-electron chi connectivity index (χ0n) is 66.1. The Morgan fingerprint density at radius 1 is 0.267 bits per heavy atom. The van der Waals surface area contributed by atoms with Gasteiger partial charge in [0.1, 0.15) is 19.3 Å². The lowest BCUT2D eigenvalue weighted by atomic mass is 10.0. The Balaban J connectivity index is 5.22. The maximum absolute atomic E-state index is 13.1. The Labute approximate surface area is 619 Å². The maximum Gasteiger partial charge on any atom is 0.472 e. The fourth-order valence-electron chi connectivity index (χ4n) is 12.8. The van der Waals surface area contributed by atoms with Gasteiger partial charge in [0.15, 0.2) is 12.2 Å². The zero-order chi connectivity index (χ0) is 74.1. The van der Waals surface area contributed by atoms with Gasteiger partial charge in [0.2, 0.25) is 0 Å². The molecule has 0 spiro atoms. The van der Waals surface area contributed by atoms with Crippen LogP contribution in [0.1, 0.15) is 439 Å². The summed E-state index contributed by atoms with van der Waals surface area (Å²) in [4.78, 5) is 73.1. The van der Waals surface area contributed by atoms with Gasteiger partial charge in [-0.1, -0.05) is 388 Å². The fourth-order valence-corrected chi connectivity index (χ4v) is 14.3. The Bertz CT molecular complexity index is 1930. The molecule has 0 amide bonds. The molecule has 0 bridgehead atoms. The number of hydrogen-bond acceptors (Lipinski definition) is 15. The molecule has 0 radical (unpaired) electrons. The molecule has 17 nitrogen and oxygen atoms in total. The van der Waals surface area contributed by atoms with E-state index < -0.39 is 97.5 Å². The molecule has 3 N–H and O–H groups in total. The van der Waals surface area contributed by atoms with Crippen LogP contribution in [0.4, 0.5) is 0 Å². The Morgan fingerprint density at radius 2 is 0.455 bits per heavy atom. The lowest BCUT2D eigenvalue weighted by molar-refractivity contribution is -0.161. The number of hydrogen-bond donors (Lipinski definition) is 3. The molecule has 19 heteroatoms. The summed E-state index contributed by atoms with van der Waals surface area (Å²) >= 11 is 0. The van der Waals surface area contributed by atoms with Crippen LogP contribution >= 0.6 is 15.6 Å². The van der Waals surface area contributed by atoms with Gasteiger partial charge in [0.25, 0.3) is 0 Å². The predicted octanol–water partition coefficient (Wildman–Crippen LogP) is 24.8. The molecule has 0 saturated carbocycles. The van der Waals surface area contributed by atoms with E-state index >= 15 is 0 Å². The van der Waals surface area contributed by atoms with Crippen LogP contribution in [-0.2, 0) is 65.4 Å². The van der Waals surface area contributed by atoms with Crippen LogP contribution in [0, 0.1) is 5.92 Å². The second kappa shape index (κ2) is 74.9. The first-order valence-electron chi connectivity index (χ1n) is 42.6. The van der Waals surface area contributed by atoms with Crippen LogP contribution in [0.5, 0.6) is 0 Å². The van der Waals surface area contributed by atoms with Crippen molar-refractivity contribution in [2.75, 3.05) is 39.6 Å². The fraction of sp³-hybridized carbons (Fsp3) is 0.951. The van der Waals surface area contributed by atoms with Crippen LogP contribution in [0.3, 0.4) is 0 Å². The molecule has 0 rings (SSSR count). The standard InChI is InChI=1S/C82H160O17P2/c1-6-9-12-15-18-21-24-27-28-34-37-42-46-51-56-61-66-80(85)93-72-78(99-82(87)68-63-58-53-48-43-38-35-32-30-29-31-33-36-39-44-49-54-59-64-75(4)5)74-97-101(90,91)95-70-76(83)69-94-100(88,89)96-73-77(98-81(86)67-62-57-52-47-41-26-23-20-17-14-11-8-3)71-92-79(84)65-60-55-50-45-40-25-22-19-16-13-10-7-2/h75-78,83H,6-74H2,1-5H3,(H,88,89)(H,90,91)/t76-,77+,78+/m0/s1. The normalized spacial score (nSPS) is 13.8. The second-order valence-electron chi connectivity index (χ2n) is 30.0. The molecule has 101 heavy (non-hydrogen) atoms. The van der Waals surface area contributed by atoms with Crippen LogP contribution in [0.2, 0.25) is 0 Å². The van der Waals surface area contributed by atoms with Crippen LogP contribution < -0.4 is 0 Å². The van der Waals surface area contributed by atoms with Gasteiger partial charge in [-0.2, -0.15) is 0 Å². The summed E-state index contributed by atoms with van der Waals surface area (Å²) in [5, 5.41) is 10.6. The number of rotatable bonds is 82. The average molecular weight is 1480 g/mol. The second-order valence-corrected chi connectivity index (χ2v) is 32.9. The number of phosphoric ester groups is 2. The zero-order valence-corrected chi connectivity index (χ0v) is 67.8. The highest BCUT2D eigenvalue weighted by Crippen LogP contribution is 2.45. The largest absolute Gasteiger partial charge is 0.472 e. The van der Waals surface area contributed by atoms with Gasteiger partial charge in [-0.05, 0) is 31.6 Å². The predicted molar refractivity (Wildman–Crippen MR) is 414 cm³/mol. The average Bonchev–Trinajstić information content (AvgIpc) is 0.950.